The molecule has 2 nitrogen and oxygen atoms in total. The van der Waals surface area contributed by atoms with Gasteiger partial charge in [-0.05, 0) is 34.9 Å². The number of rotatable bonds is 2. The molecule has 22 heavy (non-hydrogen) atoms. The summed E-state index contributed by atoms with van der Waals surface area (Å²) in [6, 6.07) is 12.2. The Balaban J connectivity index is 1.87. The van der Waals surface area contributed by atoms with E-state index in [0.717, 1.165) is 16.7 Å². The second kappa shape index (κ2) is 6.20. The van der Waals surface area contributed by atoms with Crippen LogP contribution in [-0.2, 0) is 4.79 Å². The highest BCUT2D eigenvalue weighted by atomic mass is 35.5. The lowest BCUT2D eigenvalue weighted by atomic mass is 10.0. The molecule has 0 saturated carbocycles. The van der Waals surface area contributed by atoms with Gasteiger partial charge in [0, 0.05) is 0 Å². The minimum absolute atomic E-state index is 0.0937. The van der Waals surface area contributed by atoms with Crippen molar-refractivity contribution < 1.29 is 9.18 Å². The summed E-state index contributed by atoms with van der Waals surface area (Å²) in [7, 11) is 0. The highest BCUT2D eigenvalue weighted by Gasteiger charge is 2.21. The van der Waals surface area contributed by atoms with E-state index in [1.807, 2.05) is 24.3 Å². The summed E-state index contributed by atoms with van der Waals surface area (Å²) in [5.74, 6) is -0.614. The van der Waals surface area contributed by atoms with E-state index in [2.05, 4.69) is 5.32 Å². The van der Waals surface area contributed by atoms with Gasteiger partial charge in [0.25, 0.3) is 5.91 Å². The predicted molar refractivity (Wildman–Crippen MR) is 93.2 cm³/mol. The largest absolute Gasteiger partial charge is 0.307 e. The molecule has 0 atom stereocenters. The molecule has 2 aromatic carbocycles. The van der Waals surface area contributed by atoms with Crippen LogP contribution in [0.3, 0.4) is 0 Å². The molecular weight excluding hydrogens is 341 g/mol. The third-order valence-corrected chi connectivity index (χ3v) is 4.56. The van der Waals surface area contributed by atoms with Crippen molar-refractivity contribution in [1.29, 1.82) is 0 Å². The van der Waals surface area contributed by atoms with E-state index in [9.17, 15) is 9.18 Å². The summed E-state index contributed by atoms with van der Waals surface area (Å²) in [5, 5.41) is 2.67. The van der Waals surface area contributed by atoms with E-state index in [1.165, 1.54) is 17.8 Å². The van der Waals surface area contributed by atoms with Crippen molar-refractivity contribution in [2.75, 3.05) is 0 Å². The van der Waals surface area contributed by atoms with E-state index < -0.39 is 5.82 Å². The Bertz CT molecular complexity index is 802. The predicted octanol–water partition coefficient (Wildman–Crippen LogP) is 4.63. The molecule has 1 N–H and O–H groups in total. The maximum absolute atomic E-state index is 13.2. The second-order valence-electron chi connectivity index (χ2n) is 4.60. The Labute approximate surface area is 141 Å². The molecule has 6 heteroatoms. The van der Waals surface area contributed by atoms with Crippen molar-refractivity contribution in [2.45, 2.75) is 0 Å². The van der Waals surface area contributed by atoms with E-state index in [4.69, 9.17) is 23.8 Å². The number of amides is 1. The Morgan fingerprint density at radius 3 is 2.41 bits per heavy atom. The van der Waals surface area contributed by atoms with E-state index in [0.29, 0.717) is 9.23 Å². The molecule has 2 aromatic rings. The molecule has 1 aliphatic rings. The van der Waals surface area contributed by atoms with Gasteiger partial charge in [-0.15, -0.1) is 0 Å². The van der Waals surface area contributed by atoms with Gasteiger partial charge in [0.05, 0.1) is 9.93 Å². The molecule has 1 amide bonds. The van der Waals surface area contributed by atoms with Crippen LogP contribution in [0, 0.1) is 5.82 Å². The van der Waals surface area contributed by atoms with Gasteiger partial charge in [-0.1, -0.05) is 65.9 Å². The number of carbonyl (C=O) groups excluding carboxylic acids is 1. The molecule has 3 rings (SSSR count). The zero-order valence-corrected chi connectivity index (χ0v) is 13.5. The minimum Gasteiger partial charge on any atom is -0.307 e. The van der Waals surface area contributed by atoms with Crippen LogP contribution in [0.1, 0.15) is 5.56 Å². The van der Waals surface area contributed by atoms with Crippen molar-refractivity contribution in [2.24, 2.45) is 0 Å². The van der Waals surface area contributed by atoms with Crippen molar-refractivity contribution >= 4 is 51.9 Å². The zero-order chi connectivity index (χ0) is 15.7. The monoisotopic (exact) mass is 349 g/mol. The zero-order valence-electron chi connectivity index (χ0n) is 11.1. The van der Waals surface area contributed by atoms with Gasteiger partial charge >= 0.3 is 0 Å². The van der Waals surface area contributed by atoms with Crippen LogP contribution in [0.4, 0.5) is 4.39 Å². The SMILES string of the molecule is O=C1NC(=S)S/C1=C\c1ccc(-c2ccc(F)c(Cl)c2)cc1. The number of carbonyl (C=O) groups is 1. The summed E-state index contributed by atoms with van der Waals surface area (Å²) in [4.78, 5) is 12.2. The highest BCUT2D eigenvalue weighted by molar-refractivity contribution is 8.26. The number of benzene rings is 2. The first-order chi connectivity index (χ1) is 10.5. The smallest absolute Gasteiger partial charge is 0.263 e. The van der Waals surface area contributed by atoms with E-state index in [1.54, 1.807) is 18.2 Å². The van der Waals surface area contributed by atoms with Crippen LogP contribution in [0.25, 0.3) is 17.2 Å². The van der Waals surface area contributed by atoms with Crippen LogP contribution in [0.15, 0.2) is 47.4 Å². The number of thioether (sulfide) groups is 1. The molecule has 1 aliphatic heterocycles. The number of halogens is 2. The highest BCUT2D eigenvalue weighted by Crippen LogP contribution is 2.28. The number of thiocarbonyl (C=S) groups is 1. The van der Waals surface area contributed by atoms with Gasteiger partial charge in [0.2, 0.25) is 0 Å². The standard InChI is InChI=1S/C16H9ClFNOS2/c17-12-8-11(5-6-13(12)18)10-3-1-9(2-4-10)7-14-15(20)19-16(21)22-14/h1-8H,(H,19,20,21)/b14-7-. The summed E-state index contributed by atoms with van der Waals surface area (Å²) < 4.78 is 13.7. The van der Waals surface area contributed by atoms with Gasteiger partial charge in [0.1, 0.15) is 10.1 Å². The molecule has 0 aromatic heterocycles. The van der Waals surface area contributed by atoms with Crippen molar-refractivity contribution in [3.05, 3.63) is 63.8 Å². The lowest BCUT2D eigenvalue weighted by Crippen LogP contribution is -2.17. The van der Waals surface area contributed by atoms with Gasteiger partial charge in [-0.2, -0.15) is 0 Å². The molecule has 0 radical (unpaired) electrons. The Morgan fingerprint density at radius 2 is 1.82 bits per heavy atom. The first-order valence-electron chi connectivity index (χ1n) is 6.33. The summed E-state index contributed by atoms with van der Waals surface area (Å²) >= 11 is 12.0. The fourth-order valence-electron chi connectivity index (χ4n) is 2.02. The molecule has 0 unspecified atom stereocenters. The molecule has 0 spiro atoms. The van der Waals surface area contributed by atoms with Crippen LogP contribution in [0.5, 0.6) is 0 Å². The fraction of sp³-hybridized carbons (Fsp3) is 0. The number of nitrogens with one attached hydrogen (secondary N) is 1. The lowest BCUT2D eigenvalue weighted by Gasteiger charge is -2.04. The van der Waals surface area contributed by atoms with Crippen LogP contribution in [0.2, 0.25) is 5.02 Å². The molecule has 1 saturated heterocycles. The quantitative estimate of drug-likeness (QED) is 0.633. The molecule has 1 heterocycles. The minimum atomic E-state index is -0.438. The molecule has 1 fully saturated rings. The van der Waals surface area contributed by atoms with Crippen LogP contribution < -0.4 is 5.32 Å². The average molecular weight is 350 g/mol. The maximum Gasteiger partial charge on any atom is 0.263 e. The van der Waals surface area contributed by atoms with Gasteiger partial charge in [-0.3, -0.25) is 4.79 Å². The molecular formula is C16H9ClFNOS2. The normalized spacial score (nSPS) is 16.2. The average Bonchev–Trinajstić information content (AvgIpc) is 2.81. The van der Waals surface area contributed by atoms with Gasteiger partial charge < -0.3 is 5.32 Å². The van der Waals surface area contributed by atoms with Crippen LogP contribution >= 0.6 is 35.6 Å². The lowest BCUT2D eigenvalue weighted by molar-refractivity contribution is -0.115. The van der Waals surface area contributed by atoms with Gasteiger partial charge in [-0.25, -0.2) is 4.39 Å². The third-order valence-electron chi connectivity index (χ3n) is 3.10. The number of hydrogen-bond donors (Lipinski definition) is 1. The first kappa shape index (κ1) is 15.2. The van der Waals surface area contributed by atoms with Crippen LogP contribution in [-0.4, -0.2) is 10.2 Å². The van der Waals surface area contributed by atoms with Crippen molar-refractivity contribution in [3.8, 4) is 11.1 Å². The molecule has 0 aliphatic carbocycles. The molecule has 110 valence electrons. The topological polar surface area (TPSA) is 29.1 Å². The Morgan fingerprint density at radius 1 is 1.14 bits per heavy atom. The molecule has 0 bridgehead atoms. The summed E-state index contributed by atoms with van der Waals surface area (Å²) in [6.45, 7) is 0. The summed E-state index contributed by atoms with van der Waals surface area (Å²) in [5.41, 5.74) is 2.64. The summed E-state index contributed by atoms with van der Waals surface area (Å²) in [6.07, 6.45) is 1.78. The second-order valence-corrected chi connectivity index (χ2v) is 6.73. The van der Waals surface area contributed by atoms with E-state index in [-0.39, 0.29) is 10.9 Å². The first-order valence-corrected chi connectivity index (χ1v) is 7.93. The fourth-order valence-corrected chi connectivity index (χ4v) is 3.24. The van der Waals surface area contributed by atoms with Gasteiger partial charge in [0.15, 0.2) is 0 Å². The van der Waals surface area contributed by atoms with E-state index >= 15 is 0 Å². The third kappa shape index (κ3) is 3.21. The van der Waals surface area contributed by atoms with Crippen molar-refractivity contribution in [1.82, 2.24) is 5.32 Å². The Kier molecular flexibility index (Phi) is 4.29. The number of hydrogen-bond acceptors (Lipinski definition) is 3. The van der Waals surface area contributed by atoms with Crippen molar-refractivity contribution in [3.63, 3.8) is 0 Å². The maximum atomic E-state index is 13.2. The Hall–Kier alpha value is -1.69.